The molecule has 0 aliphatic carbocycles. The van der Waals surface area contributed by atoms with Gasteiger partial charge in [0.1, 0.15) is 6.54 Å². The predicted molar refractivity (Wildman–Crippen MR) is 69.9 cm³/mol. The van der Waals surface area contributed by atoms with Crippen molar-refractivity contribution in [1.82, 2.24) is 4.98 Å². The van der Waals surface area contributed by atoms with Gasteiger partial charge in [-0.05, 0) is 25.5 Å². The van der Waals surface area contributed by atoms with Crippen molar-refractivity contribution in [3.63, 3.8) is 0 Å². The zero-order chi connectivity index (χ0) is 13.4. The summed E-state index contributed by atoms with van der Waals surface area (Å²) in [4.78, 5) is 17.5. The van der Waals surface area contributed by atoms with Crippen LogP contribution >= 0.6 is 0 Å². The summed E-state index contributed by atoms with van der Waals surface area (Å²) in [6.07, 6.45) is 2.62. The van der Waals surface area contributed by atoms with Crippen LogP contribution in [0.15, 0.2) is 18.3 Å². The van der Waals surface area contributed by atoms with Gasteiger partial charge in [0.2, 0.25) is 0 Å². The highest BCUT2D eigenvalue weighted by Gasteiger charge is 2.15. The predicted octanol–water partition coefficient (Wildman–Crippen LogP) is 1.87. The van der Waals surface area contributed by atoms with Gasteiger partial charge in [0.15, 0.2) is 11.6 Å². The van der Waals surface area contributed by atoms with Crippen molar-refractivity contribution in [3.05, 3.63) is 18.3 Å². The number of carbonyl (C=O) groups is 1. The minimum Gasteiger partial charge on any atom is -0.490 e. The maximum absolute atomic E-state index is 11.3. The number of aromatic nitrogens is 1. The summed E-state index contributed by atoms with van der Waals surface area (Å²) in [5.41, 5.74) is 0. The molecule has 0 aliphatic heterocycles. The Kier molecular flexibility index (Phi) is 5.97. The van der Waals surface area contributed by atoms with Crippen LogP contribution in [0.3, 0.4) is 0 Å². The van der Waals surface area contributed by atoms with Gasteiger partial charge in [-0.2, -0.15) is 0 Å². The first-order valence-corrected chi connectivity index (χ1v) is 6.12. The number of carbonyl (C=O) groups excluding carboxylic acids is 1. The minimum atomic E-state index is -0.288. The monoisotopic (exact) mass is 252 g/mol. The number of likely N-dealkylation sites (N-methyl/N-ethyl adjacent to an activating group) is 1. The molecule has 0 amide bonds. The Hall–Kier alpha value is -1.78. The van der Waals surface area contributed by atoms with E-state index in [1.165, 1.54) is 7.11 Å². The Balaban J connectivity index is 2.86. The van der Waals surface area contributed by atoms with E-state index in [4.69, 9.17) is 4.74 Å². The highest BCUT2D eigenvalue weighted by molar-refractivity contribution is 5.76. The minimum absolute atomic E-state index is 0.173. The fraction of sp³-hybridized carbons (Fsp3) is 0.538. The van der Waals surface area contributed by atoms with Crippen molar-refractivity contribution in [2.75, 3.05) is 31.7 Å². The molecule has 18 heavy (non-hydrogen) atoms. The SMILES string of the molecule is CCCOc1cccnc1N(CC)CC(=O)OC. The van der Waals surface area contributed by atoms with Gasteiger partial charge in [-0.25, -0.2) is 4.98 Å². The Labute approximate surface area is 108 Å². The average molecular weight is 252 g/mol. The van der Waals surface area contributed by atoms with Gasteiger partial charge >= 0.3 is 5.97 Å². The quantitative estimate of drug-likeness (QED) is 0.693. The van der Waals surface area contributed by atoms with E-state index < -0.39 is 0 Å². The zero-order valence-electron chi connectivity index (χ0n) is 11.2. The molecule has 1 aromatic rings. The topological polar surface area (TPSA) is 51.7 Å². The van der Waals surface area contributed by atoms with Crippen LogP contribution in [0.5, 0.6) is 5.75 Å². The summed E-state index contributed by atoms with van der Waals surface area (Å²) >= 11 is 0. The Morgan fingerprint density at radius 2 is 2.22 bits per heavy atom. The normalized spacial score (nSPS) is 9.94. The lowest BCUT2D eigenvalue weighted by Crippen LogP contribution is -2.31. The van der Waals surface area contributed by atoms with Crippen molar-refractivity contribution < 1.29 is 14.3 Å². The van der Waals surface area contributed by atoms with Gasteiger partial charge in [-0.1, -0.05) is 6.92 Å². The number of hydrogen-bond acceptors (Lipinski definition) is 5. The van der Waals surface area contributed by atoms with E-state index in [2.05, 4.69) is 9.72 Å². The third-order valence-electron chi connectivity index (χ3n) is 2.44. The molecule has 100 valence electrons. The van der Waals surface area contributed by atoms with Gasteiger partial charge in [0.25, 0.3) is 0 Å². The second kappa shape index (κ2) is 7.53. The molecule has 0 radical (unpaired) electrons. The Morgan fingerprint density at radius 1 is 1.44 bits per heavy atom. The lowest BCUT2D eigenvalue weighted by atomic mass is 10.3. The molecule has 1 heterocycles. The molecule has 5 nitrogen and oxygen atoms in total. The number of rotatable bonds is 7. The molecule has 0 spiro atoms. The molecule has 0 atom stereocenters. The number of pyridine rings is 1. The summed E-state index contributed by atoms with van der Waals surface area (Å²) in [7, 11) is 1.38. The largest absolute Gasteiger partial charge is 0.490 e. The summed E-state index contributed by atoms with van der Waals surface area (Å²) in [5.74, 6) is 1.09. The van der Waals surface area contributed by atoms with E-state index in [-0.39, 0.29) is 12.5 Å². The van der Waals surface area contributed by atoms with E-state index in [9.17, 15) is 4.79 Å². The standard InChI is InChI=1S/C13H20N2O3/c1-4-9-18-11-7-6-8-14-13(11)15(5-2)10-12(16)17-3/h6-8H,4-5,9-10H2,1-3H3. The molecule has 1 rings (SSSR count). The highest BCUT2D eigenvalue weighted by Crippen LogP contribution is 2.25. The second-order valence-electron chi connectivity index (χ2n) is 3.76. The van der Waals surface area contributed by atoms with E-state index in [1.54, 1.807) is 6.20 Å². The van der Waals surface area contributed by atoms with Crippen LogP contribution in [0, 0.1) is 0 Å². The van der Waals surface area contributed by atoms with Crippen molar-refractivity contribution in [3.8, 4) is 5.75 Å². The molecule has 0 saturated heterocycles. The molecule has 0 bridgehead atoms. The molecule has 0 N–H and O–H groups in total. The van der Waals surface area contributed by atoms with Crippen molar-refractivity contribution in [2.45, 2.75) is 20.3 Å². The molecular weight excluding hydrogens is 232 g/mol. The van der Waals surface area contributed by atoms with Gasteiger partial charge < -0.3 is 14.4 Å². The number of ether oxygens (including phenoxy) is 2. The van der Waals surface area contributed by atoms with Crippen LogP contribution in [0.1, 0.15) is 20.3 Å². The van der Waals surface area contributed by atoms with Crippen molar-refractivity contribution in [2.24, 2.45) is 0 Å². The Morgan fingerprint density at radius 3 is 2.83 bits per heavy atom. The lowest BCUT2D eigenvalue weighted by molar-refractivity contribution is -0.138. The fourth-order valence-electron chi connectivity index (χ4n) is 1.50. The maximum atomic E-state index is 11.3. The molecular formula is C13H20N2O3. The average Bonchev–Trinajstić information content (AvgIpc) is 2.42. The van der Waals surface area contributed by atoms with Crippen LogP contribution in [0.25, 0.3) is 0 Å². The Bertz CT molecular complexity index is 382. The van der Waals surface area contributed by atoms with Crippen molar-refractivity contribution >= 4 is 11.8 Å². The van der Waals surface area contributed by atoms with Crippen LogP contribution in [-0.2, 0) is 9.53 Å². The summed E-state index contributed by atoms with van der Waals surface area (Å²) in [5, 5.41) is 0. The lowest BCUT2D eigenvalue weighted by Gasteiger charge is -2.22. The first-order chi connectivity index (χ1) is 8.72. The summed E-state index contributed by atoms with van der Waals surface area (Å²) < 4.78 is 10.3. The zero-order valence-corrected chi connectivity index (χ0v) is 11.2. The van der Waals surface area contributed by atoms with E-state index in [1.807, 2.05) is 30.9 Å². The highest BCUT2D eigenvalue weighted by atomic mass is 16.5. The molecule has 0 aromatic carbocycles. The molecule has 0 fully saturated rings. The number of nitrogens with zero attached hydrogens (tertiary/aromatic N) is 2. The number of esters is 1. The third kappa shape index (κ3) is 3.91. The van der Waals surface area contributed by atoms with E-state index >= 15 is 0 Å². The first kappa shape index (κ1) is 14.3. The van der Waals surface area contributed by atoms with Crippen LogP contribution in [0.2, 0.25) is 0 Å². The molecule has 0 aliphatic rings. The van der Waals surface area contributed by atoms with Gasteiger partial charge in [0.05, 0.1) is 13.7 Å². The number of methoxy groups -OCH3 is 1. The first-order valence-electron chi connectivity index (χ1n) is 6.12. The van der Waals surface area contributed by atoms with Crippen LogP contribution in [-0.4, -0.2) is 37.8 Å². The molecule has 1 aromatic heterocycles. The maximum Gasteiger partial charge on any atom is 0.325 e. The van der Waals surface area contributed by atoms with E-state index in [0.717, 1.165) is 6.42 Å². The summed E-state index contributed by atoms with van der Waals surface area (Å²) in [6.45, 7) is 5.47. The molecule has 5 heteroatoms. The second-order valence-corrected chi connectivity index (χ2v) is 3.76. The van der Waals surface area contributed by atoms with Crippen LogP contribution < -0.4 is 9.64 Å². The van der Waals surface area contributed by atoms with Gasteiger partial charge in [-0.15, -0.1) is 0 Å². The van der Waals surface area contributed by atoms with Crippen LogP contribution in [0.4, 0.5) is 5.82 Å². The fourth-order valence-corrected chi connectivity index (χ4v) is 1.50. The smallest absolute Gasteiger partial charge is 0.325 e. The number of anilines is 1. The van der Waals surface area contributed by atoms with Gasteiger partial charge in [-0.3, -0.25) is 4.79 Å². The molecule has 0 unspecified atom stereocenters. The third-order valence-corrected chi connectivity index (χ3v) is 2.44. The number of hydrogen-bond donors (Lipinski definition) is 0. The summed E-state index contributed by atoms with van der Waals surface area (Å²) in [6, 6.07) is 3.68. The van der Waals surface area contributed by atoms with Crippen molar-refractivity contribution in [1.29, 1.82) is 0 Å². The molecule has 0 saturated carbocycles. The van der Waals surface area contributed by atoms with Gasteiger partial charge in [0, 0.05) is 12.7 Å². The van der Waals surface area contributed by atoms with E-state index in [0.29, 0.717) is 24.7 Å².